The van der Waals surface area contributed by atoms with Crippen LogP contribution in [0.3, 0.4) is 0 Å². The fraction of sp³-hybridized carbons (Fsp3) is 0.533. The molecular weight excluding hydrogens is 320 g/mol. The predicted molar refractivity (Wildman–Crippen MR) is 83.2 cm³/mol. The maximum Gasteiger partial charge on any atom is 0.255 e. The molecule has 1 aromatic rings. The standard InChI is InChI=1S/C15H21BrN2O2/c1-15(6-3-7-17-9-15)10-18-14(19)12-5-4-11(16)8-13(12)20-2/h4-5,8,17H,3,6-7,9-10H2,1-2H3,(H,18,19). The fourth-order valence-electron chi connectivity index (χ4n) is 2.51. The lowest BCUT2D eigenvalue weighted by Gasteiger charge is -2.34. The summed E-state index contributed by atoms with van der Waals surface area (Å²) in [6, 6.07) is 5.43. The minimum absolute atomic E-state index is 0.0823. The maximum absolute atomic E-state index is 12.3. The predicted octanol–water partition coefficient (Wildman–Crippen LogP) is 2.58. The van der Waals surface area contributed by atoms with Crippen molar-refractivity contribution in [2.75, 3.05) is 26.7 Å². The lowest BCUT2D eigenvalue weighted by atomic mass is 9.83. The molecular formula is C15H21BrN2O2. The molecule has 0 bridgehead atoms. The zero-order valence-corrected chi connectivity index (χ0v) is 13.5. The largest absolute Gasteiger partial charge is 0.496 e. The molecule has 0 saturated carbocycles. The molecule has 0 aromatic heterocycles. The topological polar surface area (TPSA) is 50.4 Å². The van der Waals surface area contributed by atoms with Crippen LogP contribution in [0.5, 0.6) is 5.75 Å². The van der Waals surface area contributed by atoms with Crippen LogP contribution in [0.4, 0.5) is 0 Å². The molecule has 0 aliphatic carbocycles. The third-order valence-corrected chi connectivity index (χ3v) is 4.26. The summed E-state index contributed by atoms with van der Waals surface area (Å²) in [6.45, 7) is 4.91. The average Bonchev–Trinajstić information content (AvgIpc) is 2.45. The summed E-state index contributed by atoms with van der Waals surface area (Å²) in [5, 5.41) is 6.42. The lowest BCUT2D eigenvalue weighted by Crippen LogP contribution is -2.45. The fourth-order valence-corrected chi connectivity index (χ4v) is 2.85. The van der Waals surface area contributed by atoms with E-state index in [9.17, 15) is 4.79 Å². The van der Waals surface area contributed by atoms with Gasteiger partial charge in [-0.05, 0) is 43.0 Å². The van der Waals surface area contributed by atoms with Gasteiger partial charge in [0.05, 0.1) is 12.7 Å². The van der Waals surface area contributed by atoms with Crippen molar-refractivity contribution in [3.05, 3.63) is 28.2 Å². The molecule has 2 rings (SSSR count). The Morgan fingerprint density at radius 3 is 3.00 bits per heavy atom. The van der Waals surface area contributed by atoms with E-state index >= 15 is 0 Å². The van der Waals surface area contributed by atoms with Gasteiger partial charge in [0.15, 0.2) is 0 Å². The Kier molecular flexibility index (Phi) is 5.05. The Labute approximate surface area is 128 Å². The van der Waals surface area contributed by atoms with Gasteiger partial charge in [0.1, 0.15) is 5.75 Å². The van der Waals surface area contributed by atoms with Crippen molar-refractivity contribution in [1.29, 1.82) is 0 Å². The summed E-state index contributed by atoms with van der Waals surface area (Å²) in [7, 11) is 1.57. The number of carbonyl (C=O) groups is 1. The van der Waals surface area contributed by atoms with Crippen LogP contribution < -0.4 is 15.4 Å². The zero-order valence-electron chi connectivity index (χ0n) is 12.0. The lowest BCUT2D eigenvalue weighted by molar-refractivity contribution is 0.0921. The molecule has 1 saturated heterocycles. The SMILES string of the molecule is COc1cc(Br)ccc1C(=O)NCC1(C)CCCNC1. The molecule has 4 nitrogen and oxygen atoms in total. The summed E-state index contributed by atoms with van der Waals surface area (Å²) < 4.78 is 6.16. The van der Waals surface area contributed by atoms with Crippen LogP contribution in [0, 0.1) is 5.41 Å². The third kappa shape index (κ3) is 3.73. The Balaban J connectivity index is 2.01. The summed E-state index contributed by atoms with van der Waals surface area (Å²) in [4.78, 5) is 12.3. The van der Waals surface area contributed by atoms with E-state index in [1.807, 2.05) is 6.07 Å². The first-order valence-electron chi connectivity index (χ1n) is 6.86. The Bertz CT molecular complexity index is 485. The van der Waals surface area contributed by atoms with E-state index < -0.39 is 0 Å². The van der Waals surface area contributed by atoms with E-state index in [4.69, 9.17) is 4.74 Å². The van der Waals surface area contributed by atoms with Crippen LogP contribution in [0.15, 0.2) is 22.7 Å². The first kappa shape index (κ1) is 15.3. The first-order chi connectivity index (χ1) is 9.54. The van der Waals surface area contributed by atoms with Crippen LogP contribution in [0.25, 0.3) is 0 Å². The monoisotopic (exact) mass is 340 g/mol. The molecule has 1 unspecified atom stereocenters. The molecule has 20 heavy (non-hydrogen) atoms. The van der Waals surface area contributed by atoms with Gasteiger partial charge in [0, 0.05) is 17.6 Å². The highest BCUT2D eigenvalue weighted by atomic mass is 79.9. The molecule has 0 spiro atoms. The first-order valence-corrected chi connectivity index (χ1v) is 7.66. The summed E-state index contributed by atoms with van der Waals surface area (Å²) in [6.07, 6.45) is 2.30. The van der Waals surface area contributed by atoms with E-state index in [1.54, 1.807) is 19.2 Å². The van der Waals surface area contributed by atoms with Crippen LogP contribution in [0.1, 0.15) is 30.1 Å². The highest BCUT2D eigenvalue weighted by Crippen LogP contribution is 2.26. The van der Waals surface area contributed by atoms with E-state index in [0.29, 0.717) is 17.9 Å². The van der Waals surface area contributed by atoms with Gasteiger partial charge in [-0.3, -0.25) is 4.79 Å². The van der Waals surface area contributed by atoms with Gasteiger partial charge in [-0.2, -0.15) is 0 Å². The van der Waals surface area contributed by atoms with Crippen molar-refractivity contribution in [2.24, 2.45) is 5.41 Å². The third-order valence-electron chi connectivity index (χ3n) is 3.77. The van der Waals surface area contributed by atoms with Gasteiger partial charge >= 0.3 is 0 Å². The molecule has 1 heterocycles. The number of rotatable bonds is 4. The number of carbonyl (C=O) groups excluding carboxylic acids is 1. The van der Waals surface area contributed by atoms with Crippen molar-refractivity contribution in [3.63, 3.8) is 0 Å². The molecule has 1 aliphatic rings. The second-order valence-electron chi connectivity index (χ2n) is 5.62. The van der Waals surface area contributed by atoms with Crippen molar-refractivity contribution < 1.29 is 9.53 Å². The van der Waals surface area contributed by atoms with E-state index in [2.05, 4.69) is 33.5 Å². The van der Waals surface area contributed by atoms with E-state index in [1.165, 1.54) is 0 Å². The van der Waals surface area contributed by atoms with Crippen LogP contribution in [-0.2, 0) is 0 Å². The highest BCUT2D eigenvalue weighted by molar-refractivity contribution is 9.10. The van der Waals surface area contributed by atoms with Crippen molar-refractivity contribution in [1.82, 2.24) is 10.6 Å². The van der Waals surface area contributed by atoms with Crippen molar-refractivity contribution >= 4 is 21.8 Å². The van der Waals surface area contributed by atoms with Crippen molar-refractivity contribution in [2.45, 2.75) is 19.8 Å². The number of hydrogen-bond acceptors (Lipinski definition) is 3. The van der Waals surface area contributed by atoms with Crippen LogP contribution >= 0.6 is 15.9 Å². The molecule has 0 radical (unpaired) electrons. The second-order valence-corrected chi connectivity index (χ2v) is 6.53. The van der Waals surface area contributed by atoms with E-state index in [0.717, 1.165) is 30.4 Å². The van der Waals surface area contributed by atoms with Gasteiger partial charge in [-0.1, -0.05) is 22.9 Å². The highest BCUT2D eigenvalue weighted by Gasteiger charge is 2.27. The zero-order chi connectivity index (χ0) is 14.6. The van der Waals surface area contributed by atoms with Gasteiger partial charge in [0.2, 0.25) is 0 Å². The maximum atomic E-state index is 12.3. The Hall–Kier alpha value is -1.07. The molecule has 1 fully saturated rings. The number of ether oxygens (including phenoxy) is 1. The molecule has 2 N–H and O–H groups in total. The molecule has 1 atom stereocenters. The summed E-state index contributed by atoms with van der Waals surface area (Å²) >= 11 is 3.38. The quantitative estimate of drug-likeness (QED) is 0.885. The number of nitrogens with one attached hydrogen (secondary N) is 2. The van der Waals surface area contributed by atoms with Crippen LogP contribution in [-0.4, -0.2) is 32.7 Å². The number of halogens is 1. The molecule has 1 aliphatic heterocycles. The smallest absolute Gasteiger partial charge is 0.255 e. The molecule has 5 heteroatoms. The van der Waals surface area contributed by atoms with Crippen LogP contribution in [0.2, 0.25) is 0 Å². The van der Waals surface area contributed by atoms with Gasteiger partial charge in [-0.25, -0.2) is 0 Å². The number of piperidine rings is 1. The summed E-state index contributed by atoms with van der Waals surface area (Å²) in [5.74, 6) is 0.505. The van der Waals surface area contributed by atoms with Gasteiger partial charge in [0.25, 0.3) is 5.91 Å². The second kappa shape index (κ2) is 6.59. The number of hydrogen-bond donors (Lipinski definition) is 2. The number of amides is 1. The van der Waals surface area contributed by atoms with Gasteiger partial charge < -0.3 is 15.4 Å². The minimum Gasteiger partial charge on any atom is -0.496 e. The molecule has 1 aromatic carbocycles. The molecule has 110 valence electrons. The Morgan fingerprint density at radius 2 is 2.35 bits per heavy atom. The van der Waals surface area contributed by atoms with E-state index in [-0.39, 0.29) is 11.3 Å². The minimum atomic E-state index is -0.0823. The summed E-state index contributed by atoms with van der Waals surface area (Å²) in [5.41, 5.74) is 0.708. The van der Waals surface area contributed by atoms with Crippen molar-refractivity contribution in [3.8, 4) is 5.75 Å². The Morgan fingerprint density at radius 1 is 1.55 bits per heavy atom. The average molecular weight is 341 g/mol. The normalized spacial score (nSPS) is 22.4. The molecule has 1 amide bonds. The number of benzene rings is 1. The van der Waals surface area contributed by atoms with Gasteiger partial charge in [-0.15, -0.1) is 0 Å². The number of methoxy groups -OCH3 is 1.